The Morgan fingerprint density at radius 2 is 1.65 bits per heavy atom. The topological polar surface area (TPSA) is 65.0 Å². The molecule has 0 amide bonds. The van der Waals surface area contributed by atoms with Crippen molar-refractivity contribution in [3.8, 4) is 22.6 Å². The molecule has 0 N–H and O–H groups in total. The van der Waals surface area contributed by atoms with Crippen LogP contribution in [-0.4, -0.2) is 27.5 Å². The van der Waals surface area contributed by atoms with Gasteiger partial charge in [-0.15, -0.1) is 0 Å². The Kier molecular flexibility index (Phi) is 4.38. The van der Waals surface area contributed by atoms with E-state index in [0.29, 0.717) is 18.0 Å². The van der Waals surface area contributed by atoms with Crippen molar-refractivity contribution in [2.24, 2.45) is 0 Å². The van der Waals surface area contributed by atoms with E-state index in [9.17, 15) is 4.79 Å². The first kappa shape index (κ1) is 14.8. The van der Waals surface area contributed by atoms with Gasteiger partial charge in [-0.25, -0.2) is 9.78 Å². The molecule has 3 aromatic heterocycles. The molecule has 114 valence electrons. The molecule has 0 radical (unpaired) electrons. The molecule has 0 aliphatic rings. The SMILES string of the molecule is CCOC(=O)c1ccc(-c2ccccn2)c(-c2ccccn2)n1. The second-order valence-electron chi connectivity index (χ2n) is 4.74. The van der Waals surface area contributed by atoms with Gasteiger partial charge < -0.3 is 4.74 Å². The van der Waals surface area contributed by atoms with E-state index in [2.05, 4.69) is 15.0 Å². The smallest absolute Gasteiger partial charge is 0.356 e. The fourth-order valence-electron chi connectivity index (χ4n) is 2.20. The maximum atomic E-state index is 12.0. The standard InChI is InChI=1S/C18H15N3O2/c1-2-23-18(22)16-10-9-13(14-7-3-5-11-19-14)17(21-16)15-8-4-6-12-20-15/h3-12H,2H2,1H3. The van der Waals surface area contributed by atoms with E-state index in [-0.39, 0.29) is 5.69 Å². The summed E-state index contributed by atoms with van der Waals surface area (Å²) >= 11 is 0. The maximum Gasteiger partial charge on any atom is 0.356 e. The van der Waals surface area contributed by atoms with Gasteiger partial charge in [0.05, 0.1) is 23.7 Å². The van der Waals surface area contributed by atoms with Crippen LogP contribution in [0.3, 0.4) is 0 Å². The molecule has 0 fully saturated rings. The van der Waals surface area contributed by atoms with Crippen molar-refractivity contribution in [2.75, 3.05) is 6.61 Å². The monoisotopic (exact) mass is 305 g/mol. The summed E-state index contributed by atoms with van der Waals surface area (Å²) < 4.78 is 5.03. The van der Waals surface area contributed by atoms with Crippen molar-refractivity contribution in [3.63, 3.8) is 0 Å². The number of hydrogen-bond acceptors (Lipinski definition) is 5. The highest BCUT2D eigenvalue weighted by molar-refractivity contribution is 5.89. The molecule has 5 heteroatoms. The summed E-state index contributed by atoms with van der Waals surface area (Å²) in [5.41, 5.74) is 3.13. The van der Waals surface area contributed by atoms with Gasteiger partial charge in [0.1, 0.15) is 5.69 Å². The van der Waals surface area contributed by atoms with Crippen molar-refractivity contribution < 1.29 is 9.53 Å². The summed E-state index contributed by atoms with van der Waals surface area (Å²) in [5, 5.41) is 0. The molecule has 5 nitrogen and oxygen atoms in total. The predicted octanol–water partition coefficient (Wildman–Crippen LogP) is 3.38. The minimum Gasteiger partial charge on any atom is -0.461 e. The minimum absolute atomic E-state index is 0.257. The van der Waals surface area contributed by atoms with Crippen LogP contribution in [0.1, 0.15) is 17.4 Å². The van der Waals surface area contributed by atoms with E-state index in [4.69, 9.17) is 4.74 Å². The van der Waals surface area contributed by atoms with Crippen LogP contribution in [0, 0.1) is 0 Å². The van der Waals surface area contributed by atoms with Gasteiger partial charge in [-0.1, -0.05) is 12.1 Å². The van der Waals surface area contributed by atoms with Crippen LogP contribution in [0.4, 0.5) is 0 Å². The van der Waals surface area contributed by atoms with Crippen LogP contribution in [0.5, 0.6) is 0 Å². The third-order valence-corrected chi connectivity index (χ3v) is 3.23. The van der Waals surface area contributed by atoms with Gasteiger partial charge in [-0.3, -0.25) is 9.97 Å². The Labute approximate surface area is 134 Å². The molecule has 0 spiro atoms. The van der Waals surface area contributed by atoms with Gasteiger partial charge >= 0.3 is 5.97 Å². The van der Waals surface area contributed by atoms with Crippen molar-refractivity contribution in [1.82, 2.24) is 15.0 Å². The summed E-state index contributed by atoms with van der Waals surface area (Å²) in [4.78, 5) is 25.1. The number of pyridine rings is 3. The lowest BCUT2D eigenvalue weighted by atomic mass is 10.1. The van der Waals surface area contributed by atoms with Gasteiger partial charge in [-0.05, 0) is 43.3 Å². The number of rotatable bonds is 4. The number of hydrogen-bond donors (Lipinski definition) is 0. The summed E-state index contributed by atoms with van der Waals surface area (Å²) in [5.74, 6) is -0.447. The average Bonchev–Trinajstić information content (AvgIpc) is 2.63. The summed E-state index contributed by atoms with van der Waals surface area (Å²) in [7, 11) is 0. The second kappa shape index (κ2) is 6.79. The molecule has 23 heavy (non-hydrogen) atoms. The van der Waals surface area contributed by atoms with E-state index in [0.717, 1.165) is 11.3 Å². The molecular formula is C18H15N3O2. The normalized spacial score (nSPS) is 10.3. The van der Waals surface area contributed by atoms with Crippen LogP contribution >= 0.6 is 0 Å². The van der Waals surface area contributed by atoms with E-state index in [1.54, 1.807) is 25.4 Å². The van der Waals surface area contributed by atoms with Crippen molar-refractivity contribution >= 4 is 5.97 Å². The van der Waals surface area contributed by atoms with E-state index in [1.165, 1.54) is 0 Å². The molecule has 3 heterocycles. The fourth-order valence-corrected chi connectivity index (χ4v) is 2.20. The molecule has 0 saturated heterocycles. The first-order valence-electron chi connectivity index (χ1n) is 7.30. The molecule has 0 aliphatic heterocycles. The minimum atomic E-state index is -0.447. The van der Waals surface area contributed by atoms with Gasteiger partial charge in [0, 0.05) is 18.0 Å². The molecule has 0 aromatic carbocycles. The number of carbonyl (C=O) groups excluding carboxylic acids is 1. The number of esters is 1. The third-order valence-electron chi connectivity index (χ3n) is 3.23. The Morgan fingerprint density at radius 3 is 2.26 bits per heavy atom. The Bertz CT molecular complexity index is 805. The first-order valence-corrected chi connectivity index (χ1v) is 7.30. The average molecular weight is 305 g/mol. The van der Waals surface area contributed by atoms with Gasteiger partial charge in [0.25, 0.3) is 0 Å². The van der Waals surface area contributed by atoms with E-state index < -0.39 is 5.97 Å². The van der Waals surface area contributed by atoms with Crippen LogP contribution in [0.25, 0.3) is 22.6 Å². The highest BCUT2D eigenvalue weighted by Gasteiger charge is 2.16. The highest BCUT2D eigenvalue weighted by atomic mass is 16.5. The summed E-state index contributed by atoms with van der Waals surface area (Å²) in [6.45, 7) is 2.07. The van der Waals surface area contributed by atoms with E-state index >= 15 is 0 Å². The zero-order valence-electron chi connectivity index (χ0n) is 12.6. The largest absolute Gasteiger partial charge is 0.461 e. The number of carbonyl (C=O) groups is 1. The van der Waals surface area contributed by atoms with Crippen molar-refractivity contribution in [2.45, 2.75) is 6.92 Å². The van der Waals surface area contributed by atoms with Gasteiger partial charge in [0.2, 0.25) is 0 Å². The second-order valence-corrected chi connectivity index (χ2v) is 4.74. The lowest BCUT2D eigenvalue weighted by molar-refractivity contribution is 0.0519. The van der Waals surface area contributed by atoms with E-state index in [1.807, 2.05) is 42.5 Å². The third kappa shape index (κ3) is 3.23. The molecule has 0 unspecified atom stereocenters. The Morgan fingerprint density at radius 1 is 0.957 bits per heavy atom. The Hall–Kier alpha value is -3.08. The molecule has 0 aliphatic carbocycles. The molecule has 0 bridgehead atoms. The predicted molar refractivity (Wildman–Crippen MR) is 86.7 cm³/mol. The first-order chi connectivity index (χ1) is 11.3. The Balaban J connectivity index is 2.15. The zero-order valence-corrected chi connectivity index (χ0v) is 12.6. The van der Waals surface area contributed by atoms with Gasteiger partial charge in [0.15, 0.2) is 0 Å². The molecule has 3 rings (SSSR count). The van der Waals surface area contributed by atoms with Gasteiger partial charge in [-0.2, -0.15) is 0 Å². The zero-order chi connectivity index (χ0) is 16.1. The van der Waals surface area contributed by atoms with Crippen LogP contribution in [0.15, 0.2) is 60.9 Å². The molecule has 0 atom stereocenters. The molecule has 3 aromatic rings. The van der Waals surface area contributed by atoms with Crippen LogP contribution < -0.4 is 0 Å². The summed E-state index contributed by atoms with van der Waals surface area (Å²) in [6.07, 6.45) is 3.41. The van der Waals surface area contributed by atoms with Crippen molar-refractivity contribution in [3.05, 3.63) is 66.6 Å². The fraction of sp³-hybridized carbons (Fsp3) is 0.111. The molecule has 0 saturated carbocycles. The van der Waals surface area contributed by atoms with Crippen LogP contribution in [-0.2, 0) is 4.74 Å². The lowest BCUT2D eigenvalue weighted by Gasteiger charge is -2.10. The molecular weight excluding hydrogens is 290 g/mol. The number of aromatic nitrogens is 3. The quantitative estimate of drug-likeness (QED) is 0.691. The maximum absolute atomic E-state index is 12.0. The number of ether oxygens (including phenoxy) is 1. The summed E-state index contributed by atoms with van der Waals surface area (Å²) in [6, 6.07) is 14.7. The van der Waals surface area contributed by atoms with Crippen LogP contribution in [0.2, 0.25) is 0 Å². The highest BCUT2D eigenvalue weighted by Crippen LogP contribution is 2.28. The number of nitrogens with zero attached hydrogens (tertiary/aromatic N) is 3. The van der Waals surface area contributed by atoms with Crippen molar-refractivity contribution in [1.29, 1.82) is 0 Å². The lowest BCUT2D eigenvalue weighted by Crippen LogP contribution is -2.08.